The number of hydrogen-bond donors (Lipinski definition) is 1. The monoisotopic (exact) mass is 481 g/mol. The first-order chi connectivity index (χ1) is 16.7. The van der Waals surface area contributed by atoms with E-state index in [9.17, 15) is 5.11 Å². The van der Waals surface area contributed by atoms with Gasteiger partial charge in [-0.15, -0.1) is 0 Å². The fourth-order valence-electron chi connectivity index (χ4n) is 3.82. The molecular formula is C28H39N3O4. The van der Waals surface area contributed by atoms with Crippen molar-refractivity contribution in [2.75, 3.05) is 33.4 Å². The highest BCUT2D eigenvalue weighted by Crippen LogP contribution is 2.34. The van der Waals surface area contributed by atoms with Crippen LogP contribution >= 0.6 is 0 Å². The molecule has 0 aliphatic rings. The van der Waals surface area contributed by atoms with Crippen molar-refractivity contribution in [2.24, 2.45) is 7.05 Å². The second-order valence-corrected chi connectivity index (χ2v) is 9.85. The number of nitrogens with zero attached hydrogens (tertiary/aromatic N) is 3. The summed E-state index contributed by atoms with van der Waals surface area (Å²) in [6, 6.07) is 18.1. The number of aryl methyl sites for hydroxylation is 2. The van der Waals surface area contributed by atoms with Gasteiger partial charge < -0.3 is 19.3 Å². The molecule has 7 heteroatoms. The van der Waals surface area contributed by atoms with E-state index in [4.69, 9.17) is 19.3 Å². The normalized spacial score (nSPS) is 12.8. The molecule has 190 valence electrons. The van der Waals surface area contributed by atoms with E-state index in [1.165, 1.54) is 0 Å². The highest BCUT2D eigenvalue weighted by molar-refractivity contribution is 5.65. The van der Waals surface area contributed by atoms with Crippen molar-refractivity contribution in [3.63, 3.8) is 0 Å². The number of methoxy groups -OCH3 is 1. The Morgan fingerprint density at radius 1 is 1.09 bits per heavy atom. The lowest BCUT2D eigenvalue weighted by atomic mass is 10.1. The molecule has 0 bridgehead atoms. The van der Waals surface area contributed by atoms with Crippen molar-refractivity contribution in [1.29, 1.82) is 0 Å². The molecule has 3 aromatic rings. The molecule has 1 N–H and O–H groups in total. The van der Waals surface area contributed by atoms with Crippen LogP contribution in [0.5, 0.6) is 11.6 Å². The Morgan fingerprint density at radius 3 is 2.49 bits per heavy atom. The van der Waals surface area contributed by atoms with Crippen LogP contribution in [-0.2, 0) is 23.1 Å². The van der Waals surface area contributed by atoms with E-state index in [2.05, 4.69) is 4.90 Å². The lowest BCUT2D eigenvalue weighted by molar-refractivity contribution is -0.0576. The highest BCUT2D eigenvalue weighted by atomic mass is 16.5. The molecule has 0 unspecified atom stereocenters. The number of benzene rings is 2. The molecule has 1 aromatic heterocycles. The Balaban J connectivity index is 1.93. The lowest BCUT2D eigenvalue weighted by Crippen LogP contribution is -2.38. The number of aliphatic hydroxyl groups is 1. The Hall–Kier alpha value is -2.71. The fourth-order valence-corrected chi connectivity index (χ4v) is 3.82. The molecule has 1 heterocycles. The topological polar surface area (TPSA) is 69.0 Å². The molecule has 0 aliphatic carbocycles. The molecule has 0 fully saturated rings. The van der Waals surface area contributed by atoms with Gasteiger partial charge in [-0.05, 0) is 45.4 Å². The maximum absolute atomic E-state index is 10.7. The van der Waals surface area contributed by atoms with Gasteiger partial charge in [0.05, 0.1) is 30.5 Å². The van der Waals surface area contributed by atoms with Crippen LogP contribution in [0.25, 0.3) is 11.3 Å². The van der Waals surface area contributed by atoms with Gasteiger partial charge in [0.2, 0.25) is 5.88 Å². The maximum atomic E-state index is 10.7. The predicted octanol–water partition coefficient (Wildman–Crippen LogP) is 4.81. The van der Waals surface area contributed by atoms with Gasteiger partial charge in [-0.1, -0.05) is 42.5 Å². The molecule has 0 aliphatic heterocycles. The van der Waals surface area contributed by atoms with E-state index in [1.807, 2.05) is 89.3 Å². The Kier molecular flexibility index (Phi) is 9.46. The van der Waals surface area contributed by atoms with Crippen molar-refractivity contribution in [3.8, 4) is 22.9 Å². The number of aliphatic hydroxyl groups excluding tert-OH is 1. The molecule has 0 spiro atoms. The van der Waals surface area contributed by atoms with Crippen LogP contribution in [0.2, 0.25) is 0 Å². The van der Waals surface area contributed by atoms with Gasteiger partial charge in [0, 0.05) is 39.4 Å². The Bertz CT molecular complexity index is 1060. The van der Waals surface area contributed by atoms with Crippen molar-refractivity contribution in [2.45, 2.75) is 45.9 Å². The molecule has 0 saturated carbocycles. The molecule has 1 atom stereocenters. The van der Waals surface area contributed by atoms with Crippen LogP contribution in [0.1, 0.15) is 31.9 Å². The average Bonchev–Trinajstić information content (AvgIpc) is 3.11. The van der Waals surface area contributed by atoms with Crippen LogP contribution in [0, 0.1) is 6.92 Å². The zero-order chi connectivity index (χ0) is 25.4. The minimum absolute atomic E-state index is 0.262. The number of aromatic nitrogens is 2. The van der Waals surface area contributed by atoms with Crippen molar-refractivity contribution in [3.05, 3.63) is 65.7 Å². The fraction of sp³-hybridized carbons (Fsp3) is 0.464. The molecule has 7 nitrogen and oxygen atoms in total. The third kappa shape index (κ3) is 8.18. The van der Waals surface area contributed by atoms with Gasteiger partial charge in [-0.3, -0.25) is 4.90 Å². The van der Waals surface area contributed by atoms with Crippen molar-refractivity contribution >= 4 is 0 Å². The van der Waals surface area contributed by atoms with Crippen LogP contribution < -0.4 is 4.74 Å². The molecule has 0 saturated heterocycles. The van der Waals surface area contributed by atoms with Crippen LogP contribution in [0.15, 0.2) is 54.6 Å². The van der Waals surface area contributed by atoms with Gasteiger partial charge in [-0.2, -0.15) is 5.10 Å². The molecule has 0 radical (unpaired) electrons. The average molecular weight is 482 g/mol. The largest absolute Gasteiger partial charge is 0.439 e. The first kappa shape index (κ1) is 26.9. The Labute approximate surface area is 209 Å². The summed E-state index contributed by atoms with van der Waals surface area (Å²) in [6.07, 6.45) is -0.635. The molecule has 35 heavy (non-hydrogen) atoms. The van der Waals surface area contributed by atoms with Crippen LogP contribution in [-0.4, -0.2) is 64.9 Å². The molecule has 0 amide bonds. The standard InChI is InChI=1S/C28H39N3O4/c1-21-11-10-14-24(17-21)35-27-25(26(29-30(27)5)22-12-8-7-9-13-22)19-31(15-16-33-6)18-23(32)20-34-28(2,3)4/h7-14,17,23,32H,15-16,18-20H2,1-6H3/t23-/m0/s1. The highest BCUT2D eigenvalue weighted by Gasteiger charge is 2.24. The quantitative estimate of drug-likeness (QED) is 0.400. The predicted molar refractivity (Wildman–Crippen MR) is 139 cm³/mol. The van der Waals surface area contributed by atoms with Crippen LogP contribution in [0.3, 0.4) is 0 Å². The van der Waals surface area contributed by atoms with E-state index in [-0.39, 0.29) is 12.2 Å². The summed E-state index contributed by atoms with van der Waals surface area (Å²) in [5, 5.41) is 15.6. The third-order valence-electron chi connectivity index (χ3n) is 5.51. The molecule has 2 aromatic carbocycles. The van der Waals surface area contributed by atoms with Gasteiger partial charge in [-0.25, -0.2) is 4.68 Å². The summed E-state index contributed by atoms with van der Waals surface area (Å²) < 4.78 is 19.3. The van der Waals surface area contributed by atoms with Crippen molar-refractivity contribution in [1.82, 2.24) is 14.7 Å². The summed E-state index contributed by atoms with van der Waals surface area (Å²) in [4.78, 5) is 2.16. The second kappa shape index (κ2) is 12.3. The van der Waals surface area contributed by atoms with Gasteiger partial charge >= 0.3 is 0 Å². The van der Waals surface area contributed by atoms with Gasteiger partial charge in [0.25, 0.3) is 0 Å². The third-order valence-corrected chi connectivity index (χ3v) is 5.51. The number of hydrogen-bond acceptors (Lipinski definition) is 6. The zero-order valence-corrected chi connectivity index (χ0v) is 21.8. The van der Waals surface area contributed by atoms with Crippen LogP contribution in [0.4, 0.5) is 0 Å². The summed E-state index contributed by atoms with van der Waals surface area (Å²) in [7, 11) is 3.58. The molecular weight excluding hydrogens is 442 g/mol. The number of rotatable bonds is 12. The SMILES string of the molecule is COCCN(Cc1c(-c2ccccc2)nn(C)c1Oc1cccc(C)c1)C[C@H](O)COC(C)(C)C. The lowest BCUT2D eigenvalue weighted by Gasteiger charge is -2.27. The smallest absolute Gasteiger partial charge is 0.222 e. The van der Waals surface area contributed by atoms with E-state index < -0.39 is 6.10 Å². The van der Waals surface area contributed by atoms with E-state index in [0.29, 0.717) is 32.1 Å². The minimum atomic E-state index is -0.635. The summed E-state index contributed by atoms with van der Waals surface area (Å²) in [5.74, 6) is 1.44. The first-order valence-electron chi connectivity index (χ1n) is 12.1. The summed E-state index contributed by atoms with van der Waals surface area (Å²) in [6.45, 7) is 10.4. The van der Waals surface area contributed by atoms with Gasteiger partial charge in [0.15, 0.2) is 0 Å². The minimum Gasteiger partial charge on any atom is -0.439 e. The van der Waals surface area contributed by atoms with Gasteiger partial charge in [0.1, 0.15) is 11.4 Å². The van der Waals surface area contributed by atoms with E-state index in [0.717, 1.165) is 28.1 Å². The summed E-state index contributed by atoms with van der Waals surface area (Å²) in [5.41, 5.74) is 3.65. The second-order valence-electron chi connectivity index (χ2n) is 9.85. The maximum Gasteiger partial charge on any atom is 0.222 e. The first-order valence-corrected chi connectivity index (χ1v) is 12.1. The van der Waals surface area contributed by atoms with E-state index in [1.54, 1.807) is 11.8 Å². The molecule has 3 rings (SSSR count). The van der Waals surface area contributed by atoms with Crippen molar-refractivity contribution < 1.29 is 19.3 Å². The summed E-state index contributed by atoms with van der Waals surface area (Å²) >= 11 is 0. The number of ether oxygens (including phenoxy) is 3. The zero-order valence-electron chi connectivity index (χ0n) is 21.8. The Morgan fingerprint density at radius 2 is 1.83 bits per heavy atom. The van der Waals surface area contributed by atoms with E-state index >= 15 is 0 Å².